The van der Waals surface area contributed by atoms with Gasteiger partial charge < -0.3 is 15.1 Å². The van der Waals surface area contributed by atoms with Gasteiger partial charge in [-0.2, -0.15) is 0 Å². The van der Waals surface area contributed by atoms with Gasteiger partial charge in [-0.3, -0.25) is 38.6 Å². The molecular formula is C64H71N5O6. The Bertz CT molecular complexity index is 2840. The lowest BCUT2D eigenvalue weighted by Gasteiger charge is -2.44. The van der Waals surface area contributed by atoms with Gasteiger partial charge in [-0.05, 0) is 68.1 Å². The summed E-state index contributed by atoms with van der Waals surface area (Å²) in [5, 5.41) is 2.67. The Balaban J connectivity index is 0.000000201. The van der Waals surface area contributed by atoms with Gasteiger partial charge in [0.05, 0.1) is 13.1 Å². The molecule has 6 aromatic carbocycles. The summed E-state index contributed by atoms with van der Waals surface area (Å²) in [6.07, 6.45) is 0. The van der Waals surface area contributed by atoms with Crippen LogP contribution in [0.3, 0.4) is 0 Å². The smallest absolute Gasteiger partial charge is 0.236 e. The van der Waals surface area contributed by atoms with E-state index in [1.165, 1.54) is 0 Å². The minimum Gasteiger partial charge on any atom is -0.358 e. The molecule has 9 rings (SSSR count). The molecule has 3 saturated heterocycles. The second kappa shape index (κ2) is 24.9. The van der Waals surface area contributed by atoms with E-state index >= 15 is 0 Å². The van der Waals surface area contributed by atoms with Crippen LogP contribution in [0.2, 0.25) is 0 Å². The SMILES string of the molecule is CNC(=O)CN1C[C@H](C(=O)c2ccccc2)C(c2cccc(C)c2C)[C@@H](C(=O)c2ccccc2)C1.Cc1cccc(C2[C@@H](C(=O)c3ccccc3)CN(CC(=O)N3CCN(C)CC3)C[C@@H]2C(=O)c2ccccc2)c1C. The zero-order chi connectivity index (χ0) is 53.2. The second-order valence-corrected chi connectivity index (χ2v) is 20.7. The van der Waals surface area contributed by atoms with Crippen molar-refractivity contribution in [3.8, 4) is 0 Å². The number of benzene rings is 6. The van der Waals surface area contributed by atoms with Gasteiger partial charge >= 0.3 is 0 Å². The first-order valence-corrected chi connectivity index (χ1v) is 26.3. The molecule has 11 nitrogen and oxygen atoms in total. The Morgan fingerprint density at radius 2 is 0.747 bits per heavy atom. The highest BCUT2D eigenvalue weighted by Gasteiger charge is 2.47. The van der Waals surface area contributed by atoms with Gasteiger partial charge in [0.25, 0.3) is 0 Å². The number of Topliss-reactive ketones (excluding diaryl/α,β-unsaturated/α-hetero) is 4. The Labute approximate surface area is 442 Å². The van der Waals surface area contributed by atoms with Crippen molar-refractivity contribution in [3.05, 3.63) is 213 Å². The predicted octanol–water partition coefficient (Wildman–Crippen LogP) is 8.92. The largest absolute Gasteiger partial charge is 0.358 e. The van der Waals surface area contributed by atoms with Crippen molar-refractivity contribution in [2.45, 2.75) is 39.5 Å². The maximum Gasteiger partial charge on any atom is 0.236 e. The van der Waals surface area contributed by atoms with Crippen molar-refractivity contribution in [1.29, 1.82) is 0 Å². The van der Waals surface area contributed by atoms with Gasteiger partial charge in [0.2, 0.25) is 11.8 Å². The number of rotatable bonds is 14. The number of aryl methyl sites for hydroxylation is 2. The average Bonchev–Trinajstić information content (AvgIpc) is 3.44. The molecular weight excluding hydrogens is 935 g/mol. The van der Waals surface area contributed by atoms with E-state index in [1.807, 2.05) is 143 Å². The number of likely N-dealkylation sites (tertiary alicyclic amines) is 2. The molecule has 6 aromatic rings. The first kappa shape index (κ1) is 54.1. The van der Waals surface area contributed by atoms with E-state index in [4.69, 9.17) is 0 Å². The predicted molar refractivity (Wildman–Crippen MR) is 295 cm³/mol. The molecule has 3 aliphatic heterocycles. The van der Waals surface area contributed by atoms with Crippen LogP contribution in [-0.2, 0) is 9.59 Å². The van der Waals surface area contributed by atoms with Crippen molar-refractivity contribution in [2.75, 3.05) is 79.5 Å². The maximum absolute atomic E-state index is 14.2. The average molecular weight is 1010 g/mol. The molecule has 0 saturated carbocycles. The monoisotopic (exact) mass is 1010 g/mol. The highest BCUT2D eigenvalue weighted by atomic mass is 16.2. The zero-order valence-corrected chi connectivity index (χ0v) is 44.3. The fourth-order valence-electron chi connectivity index (χ4n) is 11.6. The molecule has 0 bridgehead atoms. The van der Waals surface area contributed by atoms with Crippen LogP contribution < -0.4 is 5.32 Å². The van der Waals surface area contributed by atoms with Crippen LogP contribution in [0.15, 0.2) is 158 Å². The lowest BCUT2D eigenvalue weighted by atomic mass is 9.67. The molecule has 3 fully saturated rings. The van der Waals surface area contributed by atoms with E-state index in [-0.39, 0.29) is 59.9 Å². The van der Waals surface area contributed by atoms with Crippen LogP contribution in [0.5, 0.6) is 0 Å². The molecule has 0 aliphatic carbocycles. The normalized spacial score (nSPS) is 19.8. The van der Waals surface area contributed by atoms with Gasteiger partial charge in [0.1, 0.15) is 0 Å². The Morgan fingerprint density at radius 3 is 1.07 bits per heavy atom. The van der Waals surface area contributed by atoms with E-state index in [2.05, 4.69) is 74.1 Å². The Kier molecular flexibility index (Phi) is 18.0. The van der Waals surface area contributed by atoms with E-state index < -0.39 is 23.7 Å². The van der Waals surface area contributed by atoms with Gasteiger partial charge in [-0.1, -0.05) is 158 Å². The quantitative estimate of drug-likeness (QED) is 0.107. The summed E-state index contributed by atoms with van der Waals surface area (Å²) in [5.41, 5.74) is 9.11. The summed E-state index contributed by atoms with van der Waals surface area (Å²) in [5.74, 6) is -2.46. The number of hydrogen-bond acceptors (Lipinski definition) is 9. The molecule has 3 aliphatic rings. The minimum atomic E-state index is -0.464. The number of ketones is 4. The van der Waals surface area contributed by atoms with Gasteiger partial charge in [0, 0.05) is 117 Å². The number of carbonyl (C=O) groups is 6. The van der Waals surface area contributed by atoms with Crippen molar-refractivity contribution < 1.29 is 28.8 Å². The standard InChI is InChI=1S/C34H39N3O3.C30H32N2O3/c1-24-11-10-16-28(25(24)2)32-29(33(39)26-12-6-4-7-13-26)21-36(23-31(38)37-19-17-35(3)18-20-37)22-30(32)34(40)27-14-8-5-9-15-27;1-20-11-10-16-24(21(20)2)28-25(29(34)22-12-6-4-7-13-22)17-32(19-27(33)31-3)18-26(28)30(35)23-14-8-5-9-15-23/h4-16,29-30,32H,17-23H2,1-3H3;4-16,25-26,28H,17-19H2,1-3H3,(H,31,33)/t29-,30-;25-,26-/m00/s1. The third kappa shape index (κ3) is 12.7. The van der Waals surface area contributed by atoms with E-state index in [0.717, 1.165) is 46.5 Å². The van der Waals surface area contributed by atoms with Crippen LogP contribution in [0.1, 0.15) is 86.6 Å². The topological polar surface area (TPSA) is 127 Å². The lowest BCUT2D eigenvalue weighted by molar-refractivity contribution is -0.134. The highest BCUT2D eigenvalue weighted by Crippen LogP contribution is 2.44. The second-order valence-electron chi connectivity index (χ2n) is 20.7. The molecule has 11 heteroatoms. The Morgan fingerprint density at radius 1 is 0.427 bits per heavy atom. The van der Waals surface area contributed by atoms with Crippen molar-refractivity contribution >= 4 is 34.9 Å². The lowest BCUT2D eigenvalue weighted by Crippen LogP contribution is -2.55. The number of piperazine rings is 1. The highest BCUT2D eigenvalue weighted by molar-refractivity contribution is 6.03. The zero-order valence-electron chi connectivity index (χ0n) is 44.3. The molecule has 3 heterocycles. The summed E-state index contributed by atoms with van der Waals surface area (Å²) in [6, 6.07) is 49.5. The van der Waals surface area contributed by atoms with Crippen LogP contribution >= 0.6 is 0 Å². The van der Waals surface area contributed by atoms with Crippen LogP contribution in [0.25, 0.3) is 0 Å². The fourth-order valence-corrected chi connectivity index (χ4v) is 11.6. The molecule has 1 N–H and O–H groups in total. The molecule has 4 atom stereocenters. The van der Waals surface area contributed by atoms with Gasteiger partial charge in [-0.25, -0.2) is 0 Å². The van der Waals surface area contributed by atoms with Crippen LogP contribution in [0.4, 0.5) is 0 Å². The molecule has 0 radical (unpaired) electrons. The Hall–Kier alpha value is -7.18. The minimum absolute atomic E-state index is 0.00368. The first-order valence-electron chi connectivity index (χ1n) is 26.3. The molecule has 0 aromatic heterocycles. The van der Waals surface area contributed by atoms with E-state index in [0.29, 0.717) is 61.5 Å². The summed E-state index contributed by atoms with van der Waals surface area (Å²) in [4.78, 5) is 90.2. The number of nitrogens with one attached hydrogen (secondary N) is 1. The number of hydrogen-bond donors (Lipinski definition) is 1. The number of amides is 2. The number of carbonyl (C=O) groups excluding carboxylic acids is 6. The third-order valence-electron chi connectivity index (χ3n) is 16.0. The molecule has 0 unspecified atom stereocenters. The van der Waals surface area contributed by atoms with Crippen molar-refractivity contribution in [1.82, 2.24) is 24.9 Å². The molecule has 2 amide bonds. The van der Waals surface area contributed by atoms with Crippen molar-refractivity contribution in [3.63, 3.8) is 0 Å². The van der Waals surface area contributed by atoms with Crippen LogP contribution in [-0.4, -0.2) is 134 Å². The van der Waals surface area contributed by atoms with Gasteiger partial charge in [-0.15, -0.1) is 0 Å². The molecule has 0 spiro atoms. The first-order chi connectivity index (χ1) is 36.2. The third-order valence-corrected chi connectivity index (χ3v) is 16.0. The van der Waals surface area contributed by atoms with E-state index in [1.54, 1.807) is 7.05 Å². The van der Waals surface area contributed by atoms with E-state index in [9.17, 15) is 28.8 Å². The summed E-state index contributed by atoms with van der Waals surface area (Å²) < 4.78 is 0. The summed E-state index contributed by atoms with van der Waals surface area (Å²) in [7, 11) is 3.67. The maximum atomic E-state index is 14.2. The number of likely N-dealkylation sites (N-methyl/N-ethyl adjacent to an activating group) is 2. The van der Waals surface area contributed by atoms with Crippen LogP contribution in [0, 0.1) is 51.4 Å². The van der Waals surface area contributed by atoms with Crippen molar-refractivity contribution in [2.24, 2.45) is 23.7 Å². The molecule has 388 valence electrons. The van der Waals surface area contributed by atoms with Gasteiger partial charge in [0.15, 0.2) is 23.1 Å². The summed E-state index contributed by atoms with van der Waals surface area (Å²) in [6.45, 7) is 13.4. The number of nitrogens with zero attached hydrogens (tertiary/aromatic N) is 4. The summed E-state index contributed by atoms with van der Waals surface area (Å²) >= 11 is 0. The molecule has 75 heavy (non-hydrogen) atoms. The fraction of sp³-hybridized carbons (Fsp3) is 0.344. The number of piperidine rings is 2.